The van der Waals surface area contributed by atoms with E-state index in [9.17, 15) is 14.4 Å². The molecule has 0 aliphatic heterocycles. The Bertz CT molecular complexity index is 606. The van der Waals surface area contributed by atoms with Gasteiger partial charge in [-0.15, -0.1) is 0 Å². The van der Waals surface area contributed by atoms with Crippen LogP contribution in [0.2, 0.25) is 0 Å². The maximum atomic E-state index is 12.4. The van der Waals surface area contributed by atoms with E-state index in [2.05, 4.69) is 24.5 Å². The quantitative estimate of drug-likeness (QED) is 0.102. The van der Waals surface area contributed by atoms with Gasteiger partial charge in [-0.1, -0.05) is 90.9 Å². The van der Waals surface area contributed by atoms with Crippen molar-refractivity contribution in [3.05, 3.63) is 0 Å². The number of carboxylic acids is 1. The highest BCUT2D eigenvalue weighted by molar-refractivity contribution is 5.90. The molecule has 0 bridgehead atoms. The minimum atomic E-state index is -1.16. The van der Waals surface area contributed by atoms with E-state index in [1.54, 1.807) is 0 Å². The van der Waals surface area contributed by atoms with E-state index in [0.29, 0.717) is 39.6 Å². The van der Waals surface area contributed by atoms with Crippen LogP contribution >= 0.6 is 0 Å². The standard InChI is InChI=1S/C30H58N2O8/c1-3-5-7-8-9-10-11-12-13-14-15-16-17-31-30(36)27(25-29(34)35)32-28(33)26-40-24-23-39-22-21-38-20-19-37-18-6-4-2/h27H,3-26H2,1-2H3,(H,31,36)(H,32,33)(H,34,35)/t27-/m0/s1. The zero-order valence-electron chi connectivity index (χ0n) is 25.4. The van der Waals surface area contributed by atoms with Gasteiger partial charge in [0.25, 0.3) is 0 Å². The van der Waals surface area contributed by atoms with E-state index < -0.39 is 30.2 Å². The van der Waals surface area contributed by atoms with Crippen LogP contribution in [0.5, 0.6) is 0 Å². The van der Waals surface area contributed by atoms with Gasteiger partial charge in [0.1, 0.15) is 12.6 Å². The molecule has 0 aromatic heterocycles. The normalized spacial score (nSPS) is 11.8. The number of amides is 2. The number of carbonyl (C=O) groups is 3. The van der Waals surface area contributed by atoms with Crippen molar-refractivity contribution in [2.24, 2.45) is 0 Å². The second kappa shape index (κ2) is 30.2. The zero-order valence-corrected chi connectivity index (χ0v) is 25.4. The third-order valence-electron chi connectivity index (χ3n) is 6.35. The van der Waals surface area contributed by atoms with Crippen molar-refractivity contribution in [1.82, 2.24) is 10.6 Å². The molecule has 0 spiro atoms. The molecular formula is C30H58N2O8. The summed E-state index contributed by atoms with van der Waals surface area (Å²) in [7, 11) is 0. The van der Waals surface area contributed by atoms with Crippen molar-refractivity contribution < 1.29 is 38.4 Å². The van der Waals surface area contributed by atoms with Gasteiger partial charge in [-0.05, 0) is 12.8 Å². The van der Waals surface area contributed by atoms with E-state index >= 15 is 0 Å². The van der Waals surface area contributed by atoms with Gasteiger partial charge in [-0.25, -0.2) is 0 Å². The Morgan fingerprint density at radius 1 is 0.600 bits per heavy atom. The Hall–Kier alpha value is -1.75. The van der Waals surface area contributed by atoms with Gasteiger partial charge < -0.3 is 34.7 Å². The molecule has 0 heterocycles. The Morgan fingerprint density at radius 2 is 1.05 bits per heavy atom. The van der Waals surface area contributed by atoms with Crippen LogP contribution in [0.1, 0.15) is 110 Å². The van der Waals surface area contributed by atoms with Gasteiger partial charge in [-0.3, -0.25) is 14.4 Å². The number of hydrogen-bond acceptors (Lipinski definition) is 7. The molecular weight excluding hydrogens is 516 g/mol. The predicted octanol–water partition coefficient (Wildman–Crippen LogP) is 4.63. The molecule has 0 unspecified atom stereocenters. The van der Waals surface area contributed by atoms with Gasteiger partial charge in [0.15, 0.2) is 0 Å². The van der Waals surface area contributed by atoms with E-state index in [1.807, 2.05) is 0 Å². The number of carbonyl (C=O) groups excluding carboxylic acids is 2. The summed E-state index contributed by atoms with van der Waals surface area (Å²) in [6.07, 6.45) is 16.4. The fraction of sp³-hybridized carbons (Fsp3) is 0.900. The second-order valence-corrected chi connectivity index (χ2v) is 10.1. The lowest BCUT2D eigenvalue weighted by molar-refractivity contribution is -0.141. The Balaban J connectivity index is 3.79. The summed E-state index contributed by atoms with van der Waals surface area (Å²) in [4.78, 5) is 35.8. The lowest BCUT2D eigenvalue weighted by Gasteiger charge is -2.17. The average molecular weight is 575 g/mol. The molecule has 0 rings (SSSR count). The average Bonchev–Trinajstić information content (AvgIpc) is 2.93. The van der Waals surface area contributed by atoms with Crippen LogP contribution in [0.15, 0.2) is 0 Å². The van der Waals surface area contributed by atoms with Crippen molar-refractivity contribution in [2.75, 3.05) is 59.4 Å². The van der Waals surface area contributed by atoms with Crippen molar-refractivity contribution in [3.63, 3.8) is 0 Å². The molecule has 236 valence electrons. The molecule has 0 aliphatic rings. The largest absolute Gasteiger partial charge is 0.481 e. The summed E-state index contributed by atoms with van der Waals surface area (Å²) in [6, 6.07) is -1.13. The minimum absolute atomic E-state index is 0.197. The molecule has 40 heavy (non-hydrogen) atoms. The van der Waals surface area contributed by atoms with Crippen molar-refractivity contribution >= 4 is 17.8 Å². The summed E-state index contributed by atoms with van der Waals surface area (Å²) >= 11 is 0. The number of unbranched alkanes of at least 4 members (excludes halogenated alkanes) is 12. The third kappa shape index (κ3) is 27.8. The highest BCUT2D eigenvalue weighted by Gasteiger charge is 2.23. The molecule has 2 amide bonds. The third-order valence-corrected chi connectivity index (χ3v) is 6.35. The highest BCUT2D eigenvalue weighted by atomic mass is 16.6. The Labute approximate surface area is 242 Å². The fourth-order valence-electron chi connectivity index (χ4n) is 3.99. The first-order valence-corrected chi connectivity index (χ1v) is 15.6. The molecule has 0 aliphatic carbocycles. The van der Waals surface area contributed by atoms with Crippen LogP contribution in [0, 0.1) is 0 Å². The lowest BCUT2D eigenvalue weighted by Crippen LogP contribution is -2.49. The first kappa shape index (κ1) is 38.2. The van der Waals surface area contributed by atoms with E-state index in [0.717, 1.165) is 38.7 Å². The first-order chi connectivity index (χ1) is 19.5. The number of nitrogens with one attached hydrogen (secondary N) is 2. The monoisotopic (exact) mass is 574 g/mol. The van der Waals surface area contributed by atoms with Crippen LogP contribution in [-0.4, -0.2) is 88.3 Å². The van der Waals surface area contributed by atoms with E-state index in [1.165, 1.54) is 57.8 Å². The number of hydrogen-bond donors (Lipinski definition) is 3. The molecule has 3 N–H and O–H groups in total. The smallest absolute Gasteiger partial charge is 0.305 e. The van der Waals surface area contributed by atoms with Gasteiger partial charge in [0.05, 0.1) is 46.1 Å². The molecule has 0 fully saturated rings. The van der Waals surface area contributed by atoms with E-state index in [-0.39, 0.29) is 13.2 Å². The predicted molar refractivity (Wildman–Crippen MR) is 156 cm³/mol. The van der Waals surface area contributed by atoms with Crippen molar-refractivity contribution in [2.45, 2.75) is 116 Å². The number of aliphatic carboxylic acids is 1. The van der Waals surface area contributed by atoms with E-state index in [4.69, 9.17) is 24.1 Å². The van der Waals surface area contributed by atoms with Gasteiger partial charge in [0, 0.05) is 13.2 Å². The summed E-state index contributed by atoms with van der Waals surface area (Å²) in [5.41, 5.74) is 0. The molecule has 0 aromatic carbocycles. The summed E-state index contributed by atoms with van der Waals surface area (Å²) in [5.74, 6) is -2.19. The molecule has 0 radical (unpaired) electrons. The zero-order chi connectivity index (χ0) is 29.5. The Kier molecular flexibility index (Phi) is 28.9. The van der Waals surface area contributed by atoms with Crippen molar-refractivity contribution in [1.29, 1.82) is 0 Å². The second-order valence-electron chi connectivity index (χ2n) is 10.1. The van der Waals surface area contributed by atoms with Gasteiger partial charge >= 0.3 is 5.97 Å². The lowest BCUT2D eigenvalue weighted by atomic mass is 10.1. The number of rotatable bonds is 31. The van der Waals surface area contributed by atoms with Crippen LogP contribution in [0.25, 0.3) is 0 Å². The molecule has 10 nitrogen and oxygen atoms in total. The maximum Gasteiger partial charge on any atom is 0.305 e. The molecule has 0 saturated heterocycles. The summed E-state index contributed by atoms with van der Waals surface area (Å²) in [6.45, 7) is 7.72. The van der Waals surface area contributed by atoms with Crippen LogP contribution in [0.3, 0.4) is 0 Å². The summed E-state index contributed by atoms with van der Waals surface area (Å²) in [5, 5.41) is 14.3. The van der Waals surface area contributed by atoms with Gasteiger partial charge in [-0.2, -0.15) is 0 Å². The van der Waals surface area contributed by atoms with Crippen LogP contribution in [0.4, 0.5) is 0 Å². The molecule has 10 heteroatoms. The SMILES string of the molecule is CCCCCCCCCCCCCCNC(=O)[C@H](CC(=O)O)NC(=O)COCCOCCOCCOCCCC. The van der Waals surface area contributed by atoms with Crippen LogP contribution in [-0.2, 0) is 33.3 Å². The number of carboxylic acid groups (broad SMARTS) is 1. The molecule has 0 saturated carbocycles. The van der Waals surface area contributed by atoms with Gasteiger partial charge in [0.2, 0.25) is 11.8 Å². The fourth-order valence-corrected chi connectivity index (χ4v) is 3.99. The maximum absolute atomic E-state index is 12.4. The highest BCUT2D eigenvalue weighted by Crippen LogP contribution is 2.11. The first-order valence-electron chi connectivity index (χ1n) is 15.6. The molecule has 0 aromatic rings. The number of ether oxygens (including phenoxy) is 4. The summed E-state index contributed by atoms with van der Waals surface area (Å²) < 4.78 is 21.4. The van der Waals surface area contributed by atoms with Crippen LogP contribution < -0.4 is 10.6 Å². The van der Waals surface area contributed by atoms with Crippen molar-refractivity contribution in [3.8, 4) is 0 Å². The minimum Gasteiger partial charge on any atom is -0.481 e. The topological polar surface area (TPSA) is 132 Å². The molecule has 1 atom stereocenters. The Morgan fingerprint density at radius 3 is 1.55 bits per heavy atom.